The summed E-state index contributed by atoms with van der Waals surface area (Å²) in [5.41, 5.74) is 1.18. The summed E-state index contributed by atoms with van der Waals surface area (Å²) in [6.07, 6.45) is 1.53. The standard InChI is InChI=1S/C21H18N2O5/c1-27-21(26)17-9-2-3-10-18(17)23-20(25)15-7-4-6-14(12-15)19(24)22-13-16-8-5-11-28-16/h2-12H,13H2,1H3,(H,22,24)(H,23,25). The van der Waals surface area contributed by atoms with Crippen LogP contribution in [0.3, 0.4) is 0 Å². The minimum absolute atomic E-state index is 0.241. The zero-order chi connectivity index (χ0) is 19.9. The molecule has 2 aromatic carbocycles. The number of hydrogen-bond acceptors (Lipinski definition) is 5. The number of carbonyl (C=O) groups is 3. The van der Waals surface area contributed by atoms with E-state index in [4.69, 9.17) is 9.15 Å². The maximum Gasteiger partial charge on any atom is 0.339 e. The molecule has 0 aliphatic carbocycles. The molecule has 0 saturated heterocycles. The molecule has 0 radical (unpaired) electrons. The van der Waals surface area contributed by atoms with Crippen LogP contribution >= 0.6 is 0 Å². The molecule has 0 saturated carbocycles. The Bertz CT molecular complexity index is 996. The van der Waals surface area contributed by atoms with E-state index in [0.717, 1.165) is 0 Å². The number of anilines is 1. The van der Waals surface area contributed by atoms with Gasteiger partial charge in [0, 0.05) is 11.1 Å². The van der Waals surface area contributed by atoms with Gasteiger partial charge in [-0.1, -0.05) is 18.2 Å². The molecule has 0 fully saturated rings. The SMILES string of the molecule is COC(=O)c1ccccc1NC(=O)c1cccc(C(=O)NCc2ccco2)c1. The third-order valence-electron chi connectivity index (χ3n) is 3.97. The summed E-state index contributed by atoms with van der Waals surface area (Å²) in [5.74, 6) is -0.707. The minimum atomic E-state index is -0.554. The average molecular weight is 378 g/mol. The van der Waals surface area contributed by atoms with Crippen LogP contribution in [0.25, 0.3) is 0 Å². The number of esters is 1. The summed E-state index contributed by atoms with van der Waals surface area (Å²) < 4.78 is 9.89. The molecule has 7 nitrogen and oxygen atoms in total. The number of para-hydroxylation sites is 1. The number of furan rings is 1. The number of benzene rings is 2. The van der Waals surface area contributed by atoms with E-state index in [1.54, 1.807) is 54.6 Å². The topological polar surface area (TPSA) is 97.6 Å². The monoisotopic (exact) mass is 378 g/mol. The van der Waals surface area contributed by atoms with Crippen LogP contribution in [0.15, 0.2) is 71.3 Å². The molecule has 3 aromatic rings. The fourth-order valence-corrected chi connectivity index (χ4v) is 2.56. The van der Waals surface area contributed by atoms with E-state index in [1.807, 2.05) is 0 Å². The van der Waals surface area contributed by atoms with Crippen molar-refractivity contribution < 1.29 is 23.5 Å². The first-order valence-corrected chi connectivity index (χ1v) is 8.48. The molecule has 0 bridgehead atoms. The Labute approximate surface area is 161 Å². The summed E-state index contributed by atoms with van der Waals surface area (Å²) in [5, 5.41) is 5.40. The number of nitrogens with one attached hydrogen (secondary N) is 2. The van der Waals surface area contributed by atoms with Crippen molar-refractivity contribution in [2.24, 2.45) is 0 Å². The lowest BCUT2D eigenvalue weighted by molar-refractivity contribution is 0.0601. The maximum atomic E-state index is 12.6. The number of methoxy groups -OCH3 is 1. The van der Waals surface area contributed by atoms with E-state index < -0.39 is 11.9 Å². The molecular weight excluding hydrogens is 360 g/mol. The minimum Gasteiger partial charge on any atom is -0.467 e. The highest BCUT2D eigenvalue weighted by Gasteiger charge is 2.15. The first-order chi connectivity index (χ1) is 13.6. The van der Waals surface area contributed by atoms with Gasteiger partial charge < -0.3 is 19.8 Å². The van der Waals surface area contributed by atoms with Crippen molar-refractivity contribution in [3.8, 4) is 0 Å². The Kier molecular flexibility index (Phi) is 5.86. The molecule has 0 aliphatic heterocycles. The Balaban J connectivity index is 1.72. The first-order valence-electron chi connectivity index (χ1n) is 8.48. The summed E-state index contributed by atoms with van der Waals surface area (Å²) in [6.45, 7) is 0.245. The van der Waals surface area contributed by atoms with E-state index in [9.17, 15) is 14.4 Å². The summed E-state index contributed by atoms with van der Waals surface area (Å²) in [4.78, 5) is 36.7. The third kappa shape index (κ3) is 4.45. The van der Waals surface area contributed by atoms with Gasteiger partial charge in [-0.05, 0) is 42.5 Å². The van der Waals surface area contributed by atoms with E-state index in [1.165, 1.54) is 19.4 Å². The number of hydrogen-bond donors (Lipinski definition) is 2. The first kappa shape index (κ1) is 18.9. The zero-order valence-corrected chi connectivity index (χ0v) is 15.1. The van der Waals surface area contributed by atoms with Gasteiger partial charge >= 0.3 is 5.97 Å². The van der Waals surface area contributed by atoms with Crippen LogP contribution < -0.4 is 10.6 Å². The molecule has 2 amide bonds. The summed E-state index contributed by atoms with van der Waals surface area (Å²) >= 11 is 0. The Hall–Kier alpha value is -3.87. The van der Waals surface area contributed by atoms with Crippen molar-refractivity contribution in [2.75, 3.05) is 12.4 Å². The lowest BCUT2D eigenvalue weighted by atomic mass is 10.1. The van der Waals surface area contributed by atoms with Crippen LogP contribution in [0.2, 0.25) is 0 Å². The van der Waals surface area contributed by atoms with E-state index in [0.29, 0.717) is 17.0 Å². The van der Waals surface area contributed by atoms with Crippen molar-refractivity contribution >= 4 is 23.5 Å². The quantitative estimate of drug-likeness (QED) is 0.642. The second-order valence-corrected chi connectivity index (χ2v) is 5.83. The normalized spacial score (nSPS) is 10.2. The van der Waals surface area contributed by atoms with Crippen molar-refractivity contribution in [3.63, 3.8) is 0 Å². The van der Waals surface area contributed by atoms with Crippen LogP contribution in [-0.2, 0) is 11.3 Å². The predicted molar refractivity (Wildman–Crippen MR) is 102 cm³/mol. The van der Waals surface area contributed by atoms with Gasteiger partial charge in [0.25, 0.3) is 11.8 Å². The molecule has 28 heavy (non-hydrogen) atoms. The third-order valence-corrected chi connectivity index (χ3v) is 3.97. The molecule has 1 heterocycles. The van der Waals surface area contributed by atoms with Crippen LogP contribution in [0.5, 0.6) is 0 Å². The van der Waals surface area contributed by atoms with Crippen LogP contribution in [0.4, 0.5) is 5.69 Å². The van der Waals surface area contributed by atoms with Gasteiger partial charge in [-0.3, -0.25) is 9.59 Å². The van der Waals surface area contributed by atoms with Crippen molar-refractivity contribution in [3.05, 3.63) is 89.4 Å². The fraction of sp³-hybridized carbons (Fsp3) is 0.0952. The van der Waals surface area contributed by atoms with Gasteiger partial charge in [0.05, 0.1) is 31.2 Å². The molecule has 0 spiro atoms. The Morgan fingerprint density at radius 3 is 2.39 bits per heavy atom. The molecule has 142 valence electrons. The second kappa shape index (κ2) is 8.68. The van der Waals surface area contributed by atoms with Gasteiger partial charge in [0.2, 0.25) is 0 Å². The Morgan fingerprint density at radius 2 is 1.68 bits per heavy atom. The maximum absolute atomic E-state index is 12.6. The van der Waals surface area contributed by atoms with Crippen molar-refractivity contribution in [1.82, 2.24) is 5.32 Å². The van der Waals surface area contributed by atoms with Gasteiger partial charge in [0.1, 0.15) is 5.76 Å². The molecule has 1 aromatic heterocycles. The van der Waals surface area contributed by atoms with Crippen molar-refractivity contribution in [2.45, 2.75) is 6.54 Å². The second-order valence-electron chi connectivity index (χ2n) is 5.83. The number of carbonyl (C=O) groups excluding carboxylic acids is 3. The zero-order valence-electron chi connectivity index (χ0n) is 15.1. The summed E-state index contributed by atoms with van der Waals surface area (Å²) in [6, 6.07) is 16.3. The molecule has 0 unspecified atom stereocenters. The molecule has 3 rings (SSSR count). The number of rotatable bonds is 6. The Morgan fingerprint density at radius 1 is 0.929 bits per heavy atom. The lowest BCUT2D eigenvalue weighted by Gasteiger charge is -2.10. The number of amides is 2. The van der Waals surface area contributed by atoms with Crippen LogP contribution in [-0.4, -0.2) is 24.9 Å². The lowest BCUT2D eigenvalue weighted by Crippen LogP contribution is -2.23. The molecule has 7 heteroatoms. The molecule has 0 aliphatic rings. The largest absolute Gasteiger partial charge is 0.467 e. The fourth-order valence-electron chi connectivity index (χ4n) is 2.56. The molecular formula is C21H18N2O5. The highest BCUT2D eigenvalue weighted by Crippen LogP contribution is 2.17. The molecule has 0 atom stereocenters. The highest BCUT2D eigenvalue weighted by molar-refractivity contribution is 6.09. The smallest absolute Gasteiger partial charge is 0.339 e. The van der Waals surface area contributed by atoms with E-state index in [2.05, 4.69) is 10.6 Å². The van der Waals surface area contributed by atoms with Gasteiger partial charge in [0.15, 0.2) is 0 Å². The van der Waals surface area contributed by atoms with Gasteiger partial charge in [-0.25, -0.2) is 4.79 Å². The van der Waals surface area contributed by atoms with Crippen molar-refractivity contribution in [1.29, 1.82) is 0 Å². The average Bonchev–Trinajstić information content (AvgIpc) is 3.25. The predicted octanol–water partition coefficient (Wildman–Crippen LogP) is 3.25. The van der Waals surface area contributed by atoms with Crippen LogP contribution in [0, 0.1) is 0 Å². The summed E-state index contributed by atoms with van der Waals surface area (Å²) in [7, 11) is 1.27. The van der Waals surface area contributed by atoms with Gasteiger partial charge in [-0.2, -0.15) is 0 Å². The van der Waals surface area contributed by atoms with E-state index in [-0.39, 0.29) is 23.6 Å². The highest BCUT2D eigenvalue weighted by atomic mass is 16.5. The number of ether oxygens (including phenoxy) is 1. The van der Waals surface area contributed by atoms with Crippen LogP contribution in [0.1, 0.15) is 36.8 Å². The van der Waals surface area contributed by atoms with Gasteiger partial charge in [-0.15, -0.1) is 0 Å². The molecule has 2 N–H and O–H groups in total. The van der Waals surface area contributed by atoms with E-state index >= 15 is 0 Å².